The van der Waals surface area contributed by atoms with Gasteiger partial charge in [-0.3, -0.25) is 0 Å². The lowest BCUT2D eigenvalue weighted by Crippen LogP contribution is -2.01. The van der Waals surface area contributed by atoms with Crippen molar-refractivity contribution in [2.45, 2.75) is 12.8 Å². The Bertz CT molecular complexity index is 329. The Balaban J connectivity index is 2.08. The van der Waals surface area contributed by atoms with Gasteiger partial charge in [0, 0.05) is 5.70 Å². The fourth-order valence-electron chi connectivity index (χ4n) is 1.27. The molecule has 0 amide bonds. The van der Waals surface area contributed by atoms with Crippen molar-refractivity contribution in [3.8, 4) is 0 Å². The number of nitrogens with one attached hydrogen (secondary N) is 1. The van der Waals surface area contributed by atoms with Crippen LogP contribution in [0.2, 0.25) is 0 Å². The van der Waals surface area contributed by atoms with E-state index in [2.05, 4.69) is 11.9 Å². The van der Waals surface area contributed by atoms with Crippen LogP contribution in [-0.2, 0) is 0 Å². The lowest BCUT2D eigenvalue weighted by molar-refractivity contribution is 0.631. The van der Waals surface area contributed by atoms with Gasteiger partial charge in [-0.25, -0.2) is 4.39 Å². The van der Waals surface area contributed by atoms with Crippen molar-refractivity contribution in [3.05, 3.63) is 42.4 Å². The SMILES string of the molecule is C=C(Nc1ccccc1F)C1CC1. The third kappa shape index (κ3) is 1.89. The highest BCUT2D eigenvalue weighted by molar-refractivity contribution is 5.49. The molecule has 1 aromatic carbocycles. The summed E-state index contributed by atoms with van der Waals surface area (Å²) in [4.78, 5) is 0. The van der Waals surface area contributed by atoms with Crippen LogP contribution in [0.1, 0.15) is 12.8 Å². The summed E-state index contributed by atoms with van der Waals surface area (Å²) in [6, 6.07) is 6.66. The third-order valence-electron chi connectivity index (χ3n) is 2.24. The molecule has 1 N–H and O–H groups in total. The van der Waals surface area contributed by atoms with Crippen LogP contribution in [0.25, 0.3) is 0 Å². The number of para-hydroxylation sites is 1. The van der Waals surface area contributed by atoms with Gasteiger partial charge < -0.3 is 5.32 Å². The fourth-order valence-corrected chi connectivity index (χ4v) is 1.27. The topological polar surface area (TPSA) is 12.0 Å². The van der Waals surface area contributed by atoms with Gasteiger partial charge in [-0.15, -0.1) is 0 Å². The van der Waals surface area contributed by atoms with Crippen LogP contribution >= 0.6 is 0 Å². The van der Waals surface area contributed by atoms with Gasteiger partial charge in [-0.05, 0) is 30.9 Å². The van der Waals surface area contributed by atoms with Crippen molar-refractivity contribution in [1.82, 2.24) is 0 Å². The van der Waals surface area contributed by atoms with Gasteiger partial charge >= 0.3 is 0 Å². The molecule has 0 radical (unpaired) electrons. The fraction of sp³-hybridized carbons (Fsp3) is 0.273. The summed E-state index contributed by atoms with van der Waals surface area (Å²) in [7, 11) is 0. The molecule has 68 valence electrons. The summed E-state index contributed by atoms with van der Waals surface area (Å²) in [5, 5.41) is 3.00. The Morgan fingerprint density at radius 2 is 2.08 bits per heavy atom. The second-order valence-corrected chi connectivity index (χ2v) is 3.40. The lowest BCUT2D eigenvalue weighted by Gasteiger charge is -2.08. The van der Waals surface area contributed by atoms with E-state index in [4.69, 9.17) is 0 Å². The average Bonchev–Trinajstić information content (AvgIpc) is 2.91. The number of rotatable bonds is 3. The Morgan fingerprint density at radius 1 is 1.38 bits per heavy atom. The summed E-state index contributed by atoms with van der Waals surface area (Å²) in [5.74, 6) is 0.337. The zero-order valence-electron chi connectivity index (χ0n) is 7.39. The maximum absolute atomic E-state index is 13.1. The molecular weight excluding hydrogens is 165 g/mol. The van der Waals surface area contributed by atoms with E-state index < -0.39 is 0 Å². The van der Waals surface area contributed by atoms with Gasteiger partial charge in [-0.1, -0.05) is 18.7 Å². The van der Waals surface area contributed by atoms with Gasteiger partial charge in [0.1, 0.15) is 5.82 Å². The minimum Gasteiger partial charge on any atom is -0.357 e. The second-order valence-electron chi connectivity index (χ2n) is 3.40. The van der Waals surface area contributed by atoms with Gasteiger partial charge in [0.15, 0.2) is 0 Å². The summed E-state index contributed by atoms with van der Waals surface area (Å²) in [6.07, 6.45) is 2.36. The van der Waals surface area contributed by atoms with Gasteiger partial charge in [-0.2, -0.15) is 0 Å². The van der Waals surface area contributed by atoms with Crippen LogP contribution in [0.15, 0.2) is 36.5 Å². The first kappa shape index (κ1) is 8.30. The molecule has 2 heteroatoms. The molecule has 1 aliphatic rings. The maximum atomic E-state index is 13.1. The second kappa shape index (κ2) is 3.21. The third-order valence-corrected chi connectivity index (χ3v) is 2.24. The van der Waals surface area contributed by atoms with Crippen LogP contribution in [-0.4, -0.2) is 0 Å². The first-order chi connectivity index (χ1) is 6.27. The number of halogens is 1. The van der Waals surface area contributed by atoms with E-state index in [1.165, 1.54) is 18.9 Å². The molecule has 0 saturated heterocycles. The maximum Gasteiger partial charge on any atom is 0.146 e. The highest BCUT2D eigenvalue weighted by atomic mass is 19.1. The van der Waals surface area contributed by atoms with Crippen LogP contribution < -0.4 is 5.32 Å². The van der Waals surface area contributed by atoms with Crippen molar-refractivity contribution < 1.29 is 4.39 Å². The van der Waals surface area contributed by atoms with E-state index in [0.29, 0.717) is 11.6 Å². The summed E-state index contributed by atoms with van der Waals surface area (Å²) in [5.41, 5.74) is 1.46. The smallest absolute Gasteiger partial charge is 0.146 e. The summed E-state index contributed by atoms with van der Waals surface area (Å²) >= 11 is 0. The molecule has 0 unspecified atom stereocenters. The molecule has 2 rings (SSSR count). The van der Waals surface area contributed by atoms with Crippen molar-refractivity contribution in [1.29, 1.82) is 0 Å². The molecule has 0 spiro atoms. The standard InChI is InChI=1S/C11H12FN/c1-8(9-6-7-9)13-11-5-3-2-4-10(11)12/h2-5,9,13H,1,6-7H2. The number of allylic oxidation sites excluding steroid dienone is 1. The van der Waals surface area contributed by atoms with Crippen molar-refractivity contribution in [3.63, 3.8) is 0 Å². The molecule has 0 aliphatic heterocycles. The number of benzene rings is 1. The molecule has 1 fully saturated rings. The molecule has 1 aliphatic carbocycles. The van der Waals surface area contributed by atoms with Crippen LogP contribution in [0, 0.1) is 11.7 Å². The normalized spacial score (nSPS) is 15.5. The predicted molar refractivity (Wildman–Crippen MR) is 51.9 cm³/mol. The summed E-state index contributed by atoms with van der Waals surface area (Å²) in [6.45, 7) is 3.88. The molecule has 0 aromatic heterocycles. The predicted octanol–water partition coefficient (Wildman–Crippen LogP) is 3.16. The quantitative estimate of drug-likeness (QED) is 0.747. The molecule has 0 heterocycles. The van der Waals surface area contributed by atoms with Gasteiger partial charge in [0.2, 0.25) is 0 Å². The lowest BCUT2D eigenvalue weighted by atomic mass is 10.2. The number of anilines is 1. The zero-order valence-corrected chi connectivity index (χ0v) is 7.39. The molecule has 1 nitrogen and oxygen atoms in total. The molecule has 0 atom stereocenters. The number of hydrogen-bond acceptors (Lipinski definition) is 1. The average molecular weight is 177 g/mol. The van der Waals surface area contributed by atoms with E-state index in [-0.39, 0.29) is 5.82 Å². The first-order valence-corrected chi connectivity index (χ1v) is 4.48. The van der Waals surface area contributed by atoms with Crippen molar-refractivity contribution in [2.24, 2.45) is 5.92 Å². The minimum absolute atomic E-state index is 0.218. The van der Waals surface area contributed by atoms with Crippen LogP contribution in [0.5, 0.6) is 0 Å². The zero-order chi connectivity index (χ0) is 9.26. The summed E-state index contributed by atoms with van der Waals surface area (Å²) < 4.78 is 13.1. The Morgan fingerprint density at radius 3 is 2.69 bits per heavy atom. The highest BCUT2D eigenvalue weighted by Gasteiger charge is 2.24. The van der Waals surface area contributed by atoms with Crippen LogP contribution in [0.4, 0.5) is 10.1 Å². The monoisotopic (exact) mass is 177 g/mol. The van der Waals surface area contributed by atoms with E-state index >= 15 is 0 Å². The van der Waals surface area contributed by atoms with Gasteiger partial charge in [0.25, 0.3) is 0 Å². The van der Waals surface area contributed by atoms with Gasteiger partial charge in [0.05, 0.1) is 5.69 Å². The van der Waals surface area contributed by atoms with E-state index in [1.807, 2.05) is 6.07 Å². The van der Waals surface area contributed by atoms with Crippen LogP contribution in [0.3, 0.4) is 0 Å². The number of hydrogen-bond donors (Lipinski definition) is 1. The van der Waals surface area contributed by atoms with E-state index in [1.54, 1.807) is 12.1 Å². The molecule has 1 saturated carbocycles. The molecule has 13 heavy (non-hydrogen) atoms. The first-order valence-electron chi connectivity index (χ1n) is 4.48. The van der Waals surface area contributed by atoms with Crippen molar-refractivity contribution in [2.75, 3.05) is 5.32 Å². The Labute approximate surface area is 77.3 Å². The molecule has 0 bridgehead atoms. The van der Waals surface area contributed by atoms with E-state index in [0.717, 1.165) is 5.70 Å². The van der Waals surface area contributed by atoms with E-state index in [9.17, 15) is 4.39 Å². The molecule has 1 aromatic rings. The Hall–Kier alpha value is -1.31. The largest absolute Gasteiger partial charge is 0.357 e. The van der Waals surface area contributed by atoms with Crippen molar-refractivity contribution >= 4 is 5.69 Å². The Kier molecular flexibility index (Phi) is 2.05. The molecular formula is C11H12FN. The highest BCUT2D eigenvalue weighted by Crippen LogP contribution is 2.35. The minimum atomic E-state index is -0.218.